The third-order valence-electron chi connectivity index (χ3n) is 10.8. The van der Waals surface area contributed by atoms with Gasteiger partial charge in [0.1, 0.15) is 11.3 Å². The molecular weight excluding hydrogens is 641 g/mol. The van der Waals surface area contributed by atoms with Crippen molar-refractivity contribution in [3.8, 4) is 23.0 Å². The van der Waals surface area contributed by atoms with E-state index in [9.17, 15) is 18.0 Å². The number of nitrogens with zero attached hydrogens (tertiary/aromatic N) is 5. The van der Waals surface area contributed by atoms with Crippen LogP contribution >= 0.6 is 0 Å². The molecule has 50 heavy (non-hydrogen) atoms. The summed E-state index contributed by atoms with van der Waals surface area (Å²) < 4.78 is 51.2. The standard InChI is InChI=1S/C39H39F3N6O2/c1-24-8-9-27(21-34(24)50-38-35-32(14-15-46(35)2)44-36(45-38)25-6-4-3-5-7-25)37(49)43-29-12-10-28(31(22-29)39(40,41)42)23-47-16-18-48(19-17-47)33-20-26-11-13-30(26)33/h3-10,12,14-15,21-22,26,30,33H,11,13,16-20,23H2,1-2H3,(H,43,49). The number of aryl methyl sites for hydroxylation is 2. The van der Waals surface area contributed by atoms with Gasteiger partial charge in [-0.3, -0.25) is 14.6 Å². The van der Waals surface area contributed by atoms with E-state index in [-0.39, 0.29) is 23.4 Å². The smallest absolute Gasteiger partial charge is 0.416 e. The Labute approximate surface area is 288 Å². The van der Waals surface area contributed by atoms with Gasteiger partial charge in [-0.1, -0.05) is 42.5 Å². The summed E-state index contributed by atoms with van der Waals surface area (Å²) in [5.74, 6) is 2.42. The van der Waals surface area contributed by atoms with E-state index >= 15 is 0 Å². The maximum Gasteiger partial charge on any atom is 0.416 e. The van der Waals surface area contributed by atoms with Crippen LogP contribution < -0.4 is 10.1 Å². The number of halogens is 3. The molecule has 11 heteroatoms. The van der Waals surface area contributed by atoms with Crippen molar-refractivity contribution in [3.63, 3.8) is 0 Å². The molecule has 3 atom stereocenters. The second-order valence-electron chi connectivity index (χ2n) is 13.9. The Hall–Kier alpha value is -4.74. The van der Waals surface area contributed by atoms with Crippen LogP contribution in [0.25, 0.3) is 22.4 Å². The van der Waals surface area contributed by atoms with Crippen LogP contribution in [0.4, 0.5) is 18.9 Å². The summed E-state index contributed by atoms with van der Waals surface area (Å²) in [6, 6.07) is 21.1. The molecule has 1 N–H and O–H groups in total. The molecule has 2 aliphatic carbocycles. The number of carbonyl (C=O) groups excluding carboxylic acids is 1. The lowest BCUT2D eigenvalue weighted by Gasteiger charge is -2.58. The lowest BCUT2D eigenvalue weighted by atomic mass is 9.56. The van der Waals surface area contributed by atoms with Gasteiger partial charge in [0.2, 0.25) is 5.88 Å². The number of nitrogens with one attached hydrogen (secondary N) is 1. The highest BCUT2D eigenvalue weighted by atomic mass is 19.4. The van der Waals surface area contributed by atoms with Gasteiger partial charge in [-0.15, -0.1) is 0 Å². The number of rotatable bonds is 8. The molecule has 3 aromatic carbocycles. The number of amides is 1. The molecule has 0 spiro atoms. The van der Waals surface area contributed by atoms with Crippen molar-refractivity contribution in [1.29, 1.82) is 0 Å². The lowest BCUT2D eigenvalue weighted by molar-refractivity contribution is -0.138. The molecule has 3 fully saturated rings. The van der Waals surface area contributed by atoms with Crippen LogP contribution in [0.3, 0.4) is 0 Å². The van der Waals surface area contributed by atoms with Crippen molar-refractivity contribution >= 4 is 22.6 Å². The molecular formula is C39H39F3N6O2. The van der Waals surface area contributed by atoms with E-state index in [0.29, 0.717) is 34.5 Å². The zero-order valence-corrected chi connectivity index (χ0v) is 28.1. The number of fused-ring (bicyclic) bond motifs is 2. The van der Waals surface area contributed by atoms with Crippen LogP contribution in [0.1, 0.15) is 46.3 Å². The van der Waals surface area contributed by atoms with Crippen LogP contribution in [-0.2, 0) is 19.8 Å². The van der Waals surface area contributed by atoms with Crippen LogP contribution in [0.15, 0.2) is 79.0 Å². The quantitative estimate of drug-likeness (QED) is 0.180. The maximum atomic E-state index is 14.3. The Balaban J connectivity index is 0.984. The molecule has 2 aromatic heterocycles. The Bertz CT molecular complexity index is 2050. The molecule has 0 bridgehead atoms. The topological polar surface area (TPSA) is 75.5 Å². The summed E-state index contributed by atoms with van der Waals surface area (Å²) in [4.78, 5) is 27.5. The molecule has 5 aromatic rings. The predicted molar refractivity (Wildman–Crippen MR) is 186 cm³/mol. The van der Waals surface area contributed by atoms with Crippen LogP contribution in [0, 0.1) is 18.8 Å². The number of anilines is 1. The van der Waals surface area contributed by atoms with E-state index < -0.39 is 17.6 Å². The second-order valence-corrected chi connectivity index (χ2v) is 13.9. The molecule has 1 amide bonds. The summed E-state index contributed by atoms with van der Waals surface area (Å²) in [7, 11) is 1.87. The van der Waals surface area contributed by atoms with Gasteiger partial charge in [-0.05, 0) is 79.5 Å². The van der Waals surface area contributed by atoms with E-state index in [4.69, 9.17) is 14.7 Å². The summed E-state index contributed by atoms with van der Waals surface area (Å²) in [5.41, 5.74) is 2.77. The third kappa shape index (κ3) is 6.24. The average Bonchev–Trinajstić information content (AvgIpc) is 3.48. The van der Waals surface area contributed by atoms with Gasteiger partial charge in [0.15, 0.2) is 5.82 Å². The van der Waals surface area contributed by atoms with E-state index in [1.807, 2.05) is 61.1 Å². The summed E-state index contributed by atoms with van der Waals surface area (Å²) in [6.07, 6.45) is 1.27. The molecule has 8 nitrogen and oxygen atoms in total. The van der Waals surface area contributed by atoms with Crippen molar-refractivity contribution in [3.05, 3.63) is 101 Å². The van der Waals surface area contributed by atoms with Gasteiger partial charge in [0, 0.05) is 68.8 Å². The third-order valence-corrected chi connectivity index (χ3v) is 10.8. The predicted octanol–water partition coefficient (Wildman–Crippen LogP) is 7.92. The van der Waals surface area contributed by atoms with E-state index in [1.54, 1.807) is 24.3 Å². The number of benzene rings is 3. The maximum absolute atomic E-state index is 14.3. The molecule has 1 saturated heterocycles. The summed E-state index contributed by atoms with van der Waals surface area (Å²) in [6.45, 7) is 5.36. The first-order chi connectivity index (χ1) is 24.1. The van der Waals surface area contributed by atoms with Crippen molar-refractivity contribution in [2.75, 3.05) is 31.5 Å². The fourth-order valence-corrected chi connectivity index (χ4v) is 7.75. The Kier molecular flexibility index (Phi) is 8.35. The number of alkyl halides is 3. The van der Waals surface area contributed by atoms with E-state index in [2.05, 4.69) is 15.1 Å². The van der Waals surface area contributed by atoms with Crippen molar-refractivity contribution in [1.82, 2.24) is 24.3 Å². The molecule has 8 rings (SSSR count). The van der Waals surface area contributed by atoms with E-state index in [1.165, 1.54) is 25.3 Å². The normalized spacial score (nSPS) is 20.9. The molecule has 0 radical (unpaired) electrons. The molecule has 258 valence electrons. The van der Waals surface area contributed by atoms with Crippen molar-refractivity contribution in [2.45, 2.75) is 44.9 Å². The van der Waals surface area contributed by atoms with Crippen LogP contribution in [-0.4, -0.2) is 62.5 Å². The fraction of sp³-hybridized carbons (Fsp3) is 0.359. The Morgan fingerprint density at radius 1 is 0.960 bits per heavy atom. The molecule has 3 unspecified atom stereocenters. The fourth-order valence-electron chi connectivity index (χ4n) is 7.75. The number of piperazine rings is 1. The summed E-state index contributed by atoms with van der Waals surface area (Å²) >= 11 is 0. The zero-order chi connectivity index (χ0) is 34.6. The molecule has 1 aliphatic heterocycles. The molecule has 3 heterocycles. The van der Waals surface area contributed by atoms with Gasteiger partial charge >= 0.3 is 6.18 Å². The SMILES string of the molecule is Cc1ccc(C(=O)Nc2ccc(CN3CCN(C4CC5CCC54)CC3)c(C(F)(F)F)c2)cc1Oc1nc(-c2ccccc2)nc2ccn(C)c12. The number of carbonyl (C=O) groups is 1. The second kappa shape index (κ2) is 12.9. The number of hydrogen-bond donors (Lipinski definition) is 1. The monoisotopic (exact) mass is 680 g/mol. The van der Waals surface area contributed by atoms with E-state index in [0.717, 1.165) is 55.2 Å². The average molecular weight is 681 g/mol. The van der Waals surface area contributed by atoms with Gasteiger partial charge in [-0.25, -0.2) is 4.98 Å². The van der Waals surface area contributed by atoms with Gasteiger partial charge in [0.05, 0.1) is 11.1 Å². The van der Waals surface area contributed by atoms with Gasteiger partial charge < -0.3 is 14.6 Å². The first kappa shape index (κ1) is 32.5. The first-order valence-electron chi connectivity index (χ1n) is 17.3. The number of aromatic nitrogens is 3. The van der Waals surface area contributed by atoms with Crippen LogP contribution in [0.5, 0.6) is 11.6 Å². The minimum atomic E-state index is -4.56. The number of ether oxygens (including phenoxy) is 1. The number of hydrogen-bond acceptors (Lipinski definition) is 6. The minimum Gasteiger partial charge on any atom is -0.437 e. The minimum absolute atomic E-state index is 0.0767. The molecule has 2 saturated carbocycles. The highest BCUT2D eigenvalue weighted by Crippen LogP contribution is 2.52. The Morgan fingerprint density at radius 3 is 2.46 bits per heavy atom. The first-order valence-corrected chi connectivity index (χ1v) is 17.3. The van der Waals surface area contributed by atoms with Crippen LogP contribution in [0.2, 0.25) is 0 Å². The van der Waals surface area contributed by atoms with Gasteiger partial charge in [-0.2, -0.15) is 18.2 Å². The van der Waals surface area contributed by atoms with Gasteiger partial charge in [0.25, 0.3) is 5.91 Å². The molecule has 3 aliphatic rings. The Morgan fingerprint density at radius 2 is 1.76 bits per heavy atom. The highest BCUT2D eigenvalue weighted by Gasteiger charge is 2.49. The zero-order valence-electron chi connectivity index (χ0n) is 28.1. The van der Waals surface area contributed by atoms with Crippen molar-refractivity contribution in [2.24, 2.45) is 18.9 Å². The summed E-state index contributed by atoms with van der Waals surface area (Å²) in [5, 5.41) is 2.68. The largest absolute Gasteiger partial charge is 0.437 e. The highest BCUT2D eigenvalue weighted by molar-refractivity contribution is 6.04. The lowest BCUT2D eigenvalue weighted by Crippen LogP contribution is -2.61. The van der Waals surface area contributed by atoms with Crippen molar-refractivity contribution < 1.29 is 22.7 Å².